The highest BCUT2D eigenvalue weighted by Crippen LogP contribution is 2.08. The normalized spacial score (nSPS) is 20.3. The van der Waals surface area contributed by atoms with Crippen LogP contribution in [0.25, 0.3) is 0 Å². The molecule has 4 heteroatoms. The Morgan fingerprint density at radius 2 is 2.00 bits per heavy atom. The average Bonchev–Trinajstić information content (AvgIpc) is 2.54. The number of hydrogen-bond acceptors (Lipinski definition) is 3. The van der Waals surface area contributed by atoms with Crippen molar-refractivity contribution in [3.05, 3.63) is 0 Å². The molecule has 1 aliphatic heterocycles. The fourth-order valence-electron chi connectivity index (χ4n) is 1.80. The van der Waals surface area contributed by atoms with Gasteiger partial charge >= 0.3 is 0 Å². The molecule has 0 aliphatic carbocycles. The third-order valence-corrected chi connectivity index (χ3v) is 2.66. The zero-order valence-electron chi connectivity index (χ0n) is 9.92. The molecule has 1 rings (SSSR count). The van der Waals surface area contributed by atoms with E-state index < -0.39 is 5.60 Å². The van der Waals surface area contributed by atoms with Gasteiger partial charge < -0.3 is 15.3 Å². The van der Waals surface area contributed by atoms with E-state index in [0.29, 0.717) is 0 Å². The summed E-state index contributed by atoms with van der Waals surface area (Å²) < 4.78 is 0. The van der Waals surface area contributed by atoms with Crippen LogP contribution in [0.1, 0.15) is 33.6 Å². The van der Waals surface area contributed by atoms with E-state index in [1.54, 1.807) is 0 Å². The number of nitrogens with zero attached hydrogens (tertiary/aromatic N) is 1. The first-order chi connectivity index (χ1) is 6.89. The molecule has 0 bridgehead atoms. The van der Waals surface area contributed by atoms with Crippen LogP contribution in [0, 0.1) is 0 Å². The number of carbonyl (C=O) groups is 1. The van der Waals surface area contributed by atoms with Crippen molar-refractivity contribution >= 4 is 5.91 Å². The number of likely N-dealkylation sites (tertiary alicyclic amines) is 1. The molecule has 1 aliphatic rings. The van der Waals surface area contributed by atoms with E-state index in [1.807, 2.05) is 6.92 Å². The lowest BCUT2D eigenvalue weighted by Gasteiger charge is -2.24. The first-order valence-corrected chi connectivity index (χ1v) is 5.65. The molecule has 0 aromatic rings. The van der Waals surface area contributed by atoms with E-state index in [1.165, 1.54) is 26.7 Å². The van der Waals surface area contributed by atoms with Crippen LogP contribution < -0.4 is 5.32 Å². The molecule has 0 saturated carbocycles. The summed E-state index contributed by atoms with van der Waals surface area (Å²) in [4.78, 5) is 13.8. The zero-order chi connectivity index (χ0) is 11.5. The van der Waals surface area contributed by atoms with Crippen molar-refractivity contribution in [3.63, 3.8) is 0 Å². The van der Waals surface area contributed by atoms with Gasteiger partial charge in [-0.05, 0) is 46.7 Å². The van der Waals surface area contributed by atoms with Gasteiger partial charge in [0.15, 0.2) is 0 Å². The Morgan fingerprint density at radius 3 is 2.47 bits per heavy atom. The van der Waals surface area contributed by atoms with Crippen molar-refractivity contribution in [2.24, 2.45) is 0 Å². The predicted octanol–water partition coefficient (Wildman–Crippen LogP) is 0.358. The van der Waals surface area contributed by atoms with Crippen LogP contribution in [-0.4, -0.2) is 47.2 Å². The second-order valence-corrected chi connectivity index (χ2v) is 4.94. The van der Waals surface area contributed by atoms with Crippen LogP contribution in [0.5, 0.6) is 0 Å². The topological polar surface area (TPSA) is 52.6 Å². The van der Waals surface area contributed by atoms with Gasteiger partial charge in [0.2, 0.25) is 0 Å². The summed E-state index contributed by atoms with van der Waals surface area (Å²) in [5.41, 5.74) is -1.28. The molecule has 0 spiro atoms. The lowest BCUT2D eigenvalue weighted by Crippen LogP contribution is -2.49. The van der Waals surface area contributed by atoms with Crippen LogP contribution in [0.4, 0.5) is 0 Å². The van der Waals surface area contributed by atoms with Gasteiger partial charge in [-0.25, -0.2) is 0 Å². The van der Waals surface area contributed by atoms with Gasteiger partial charge in [-0.1, -0.05) is 0 Å². The lowest BCUT2D eigenvalue weighted by molar-refractivity contribution is -0.137. The Balaban J connectivity index is 2.28. The highest BCUT2D eigenvalue weighted by atomic mass is 16.3. The van der Waals surface area contributed by atoms with Gasteiger partial charge in [-0.15, -0.1) is 0 Å². The number of hydrogen-bond donors (Lipinski definition) is 2. The molecule has 2 N–H and O–H groups in total. The molecule has 0 aromatic carbocycles. The largest absolute Gasteiger partial charge is 0.381 e. The van der Waals surface area contributed by atoms with Crippen LogP contribution in [-0.2, 0) is 4.79 Å². The molecule has 15 heavy (non-hydrogen) atoms. The van der Waals surface area contributed by atoms with Crippen LogP contribution in [0.2, 0.25) is 0 Å². The molecule has 1 saturated heterocycles. The number of nitrogens with one attached hydrogen (secondary N) is 1. The predicted molar refractivity (Wildman–Crippen MR) is 59.6 cm³/mol. The minimum atomic E-state index is -1.28. The van der Waals surface area contributed by atoms with Gasteiger partial charge in [-0.3, -0.25) is 4.79 Å². The van der Waals surface area contributed by atoms with Gasteiger partial charge in [0.25, 0.3) is 5.91 Å². The molecule has 0 aromatic heterocycles. The molecule has 88 valence electrons. The molecule has 1 unspecified atom stereocenters. The van der Waals surface area contributed by atoms with Crippen molar-refractivity contribution in [1.29, 1.82) is 0 Å². The Hall–Kier alpha value is -0.610. The van der Waals surface area contributed by atoms with Gasteiger partial charge in [0.05, 0.1) is 0 Å². The van der Waals surface area contributed by atoms with E-state index in [0.717, 1.165) is 19.6 Å². The van der Waals surface area contributed by atoms with E-state index >= 15 is 0 Å². The monoisotopic (exact) mass is 214 g/mol. The quantitative estimate of drug-likeness (QED) is 0.710. The van der Waals surface area contributed by atoms with Crippen LogP contribution in [0.15, 0.2) is 0 Å². The minimum absolute atomic E-state index is 0.0991. The molecular weight excluding hydrogens is 192 g/mol. The maximum absolute atomic E-state index is 11.5. The maximum atomic E-state index is 11.5. The fourth-order valence-corrected chi connectivity index (χ4v) is 1.80. The summed E-state index contributed by atoms with van der Waals surface area (Å²) in [6, 6.07) is 0.0991. The summed E-state index contributed by atoms with van der Waals surface area (Å²) >= 11 is 0. The number of carbonyl (C=O) groups excluding carboxylic acids is 1. The van der Waals surface area contributed by atoms with E-state index in [9.17, 15) is 9.90 Å². The van der Waals surface area contributed by atoms with Gasteiger partial charge in [0.1, 0.15) is 5.60 Å². The Kier molecular flexibility index (Phi) is 4.11. The Morgan fingerprint density at radius 1 is 1.47 bits per heavy atom. The molecule has 1 heterocycles. The Bertz CT molecular complexity index is 217. The van der Waals surface area contributed by atoms with E-state index in [4.69, 9.17) is 0 Å². The van der Waals surface area contributed by atoms with Gasteiger partial charge in [-0.2, -0.15) is 0 Å². The van der Waals surface area contributed by atoms with E-state index in [-0.39, 0.29) is 11.9 Å². The molecular formula is C11H22N2O2. The lowest BCUT2D eigenvalue weighted by atomic mass is 10.1. The van der Waals surface area contributed by atoms with Crippen molar-refractivity contribution in [2.75, 3.05) is 19.6 Å². The smallest absolute Gasteiger partial charge is 0.251 e. The summed E-state index contributed by atoms with van der Waals surface area (Å²) in [6.07, 6.45) is 2.51. The number of rotatable bonds is 4. The van der Waals surface area contributed by atoms with Crippen molar-refractivity contribution < 1.29 is 9.90 Å². The molecule has 1 atom stereocenters. The fraction of sp³-hybridized carbons (Fsp3) is 0.909. The maximum Gasteiger partial charge on any atom is 0.251 e. The first kappa shape index (κ1) is 12.5. The highest BCUT2D eigenvalue weighted by molar-refractivity contribution is 5.84. The van der Waals surface area contributed by atoms with Gasteiger partial charge in [0, 0.05) is 12.6 Å². The number of amides is 1. The molecule has 4 nitrogen and oxygen atoms in total. The second-order valence-electron chi connectivity index (χ2n) is 4.94. The van der Waals surface area contributed by atoms with Crippen molar-refractivity contribution in [1.82, 2.24) is 10.2 Å². The second kappa shape index (κ2) is 4.94. The molecule has 1 fully saturated rings. The van der Waals surface area contributed by atoms with Crippen LogP contribution in [0.3, 0.4) is 0 Å². The third-order valence-electron chi connectivity index (χ3n) is 2.66. The van der Waals surface area contributed by atoms with Crippen molar-refractivity contribution in [2.45, 2.75) is 45.3 Å². The molecule has 1 amide bonds. The van der Waals surface area contributed by atoms with Crippen LogP contribution >= 0.6 is 0 Å². The number of aliphatic hydroxyl groups is 1. The SMILES string of the molecule is CC(CN1CCCC1)NC(=O)C(C)(C)O. The summed E-state index contributed by atoms with van der Waals surface area (Å²) in [5.74, 6) is -0.297. The third kappa shape index (κ3) is 4.18. The van der Waals surface area contributed by atoms with E-state index in [2.05, 4.69) is 10.2 Å². The first-order valence-electron chi connectivity index (χ1n) is 5.65. The summed E-state index contributed by atoms with van der Waals surface area (Å²) in [5, 5.41) is 12.3. The highest BCUT2D eigenvalue weighted by Gasteiger charge is 2.25. The minimum Gasteiger partial charge on any atom is -0.381 e. The summed E-state index contributed by atoms with van der Waals surface area (Å²) in [7, 11) is 0. The van der Waals surface area contributed by atoms with Crippen molar-refractivity contribution in [3.8, 4) is 0 Å². The summed E-state index contributed by atoms with van der Waals surface area (Å²) in [6.45, 7) is 8.12. The standard InChI is InChI=1S/C11H22N2O2/c1-9(8-13-6-4-5-7-13)12-10(14)11(2,3)15/h9,15H,4-8H2,1-3H3,(H,12,14). The Labute approximate surface area is 91.6 Å². The zero-order valence-corrected chi connectivity index (χ0v) is 9.92. The molecule has 0 radical (unpaired) electrons. The average molecular weight is 214 g/mol.